The highest BCUT2D eigenvalue weighted by molar-refractivity contribution is 5.95. The number of rotatable bonds is 3. The van der Waals surface area contributed by atoms with E-state index < -0.39 is 0 Å². The van der Waals surface area contributed by atoms with E-state index >= 15 is 0 Å². The van der Waals surface area contributed by atoms with E-state index in [1.54, 1.807) is 6.07 Å². The van der Waals surface area contributed by atoms with Gasteiger partial charge in [-0.1, -0.05) is 0 Å². The van der Waals surface area contributed by atoms with Crippen molar-refractivity contribution in [2.45, 2.75) is 19.3 Å². The molecule has 1 aromatic rings. The van der Waals surface area contributed by atoms with Crippen molar-refractivity contribution in [2.24, 2.45) is 11.7 Å². The van der Waals surface area contributed by atoms with Crippen molar-refractivity contribution < 1.29 is 14.3 Å². The Kier molecular flexibility index (Phi) is 5.91. The molecule has 1 unspecified atom stereocenters. The number of halogens is 1. The summed E-state index contributed by atoms with van der Waals surface area (Å²) in [6, 6.07) is 5.44. The summed E-state index contributed by atoms with van der Waals surface area (Å²) in [5, 5.41) is 0. The first-order valence-corrected chi connectivity index (χ1v) is 7.67. The minimum atomic E-state index is 0. The zero-order valence-electron chi connectivity index (χ0n) is 12.6. The van der Waals surface area contributed by atoms with Gasteiger partial charge in [-0.2, -0.15) is 0 Å². The van der Waals surface area contributed by atoms with Gasteiger partial charge < -0.3 is 20.1 Å². The quantitative estimate of drug-likeness (QED) is 0.923. The van der Waals surface area contributed by atoms with E-state index in [1.807, 2.05) is 17.0 Å². The maximum Gasteiger partial charge on any atom is 0.254 e. The molecule has 1 aromatic carbocycles. The van der Waals surface area contributed by atoms with E-state index in [0.717, 1.165) is 31.7 Å². The summed E-state index contributed by atoms with van der Waals surface area (Å²) in [7, 11) is 0. The van der Waals surface area contributed by atoms with Gasteiger partial charge in [0.25, 0.3) is 5.91 Å². The highest BCUT2D eigenvalue weighted by Gasteiger charge is 2.25. The van der Waals surface area contributed by atoms with Gasteiger partial charge in [0, 0.05) is 18.7 Å². The molecule has 3 rings (SSSR count). The van der Waals surface area contributed by atoms with E-state index in [1.165, 1.54) is 6.42 Å². The largest absolute Gasteiger partial charge is 0.486 e. The normalized spacial score (nSPS) is 20.2. The van der Waals surface area contributed by atoms with Gasteiger partial charge in [0.2, 0.25) is 0 Å². The number of hydrogen-bond donors (Lipinski definition) is 1. The Morgan fingerprint density at radius 3 is 2.82 bits per heavy atom. The molecule has 22 heavy (non-hydrogen) atoms. The van der Waals surface area contributed by atoms with Crippen molar-refractivity contribution in [2.75, 3.05) is 32.8 Å². The van der Waals surface area contributed by atoms with Crippen LogP contribution < -0.4 is 15.2 Å². The Morgan fingerprint density at radius 2 is 2.05 bits per heavy atom. The second-order valence-corrected chi connectivity index (χ2v) is 5.70. The highest BCUT2D eigenvalue weighted by atomic mass is 35.5. The van der Waals surface area contributed by atoms with E-state index in [0.29, 0.717) is 37.0 Å². The maximum absolute atomic E-state index is 12.6. The first-order valence-electron chi connectivity index (χ1n) is 7.67. The van der Waals surface area contributed by atoms with Gasteiger partial charge in [-0.05, 0) is 49.9 Å². The van der Waals surface area contributed by atoms with Gasteiger partial charge in [-0.15, -0.1) is 12.4 Å². The molecule has 0 radical (unpaired) electrons. The number of nitrogens with zero attached hydrogens (tertiary/aromatic N) is 1. The summed E-state index contributed by atoms with van der Waals surface area (Å²) in [4.78, 5) is 14.6. The second kappa shape index (κ2) is 7.70. The predicted octanol–water partition coefficient (Wildman–Crippen LogP) is 2.08. The Bertz CT molecular complexity index is 522. The van der Waals surface area contributed by atoms with Crippen LogP contribution in [0.25, 0.3) is 0 Å². The number of fused-ring (bicyclic) bond motifs is 1. The van der Waals surface area contributed by atoms with Crippen LogP contribution in [0.15, 0.2) is 18.2 Å². The maximum atomic E-state index is 12.6. The molecular formula is C16H23ClN2O3. The van der Waals surface area contributed by atoms with E-state index in [2.05, 4.69) is 0 Å². The molecule has 1 amide bonds. The van der Waals surface area contributed by atoms with Crippen LogP contribution >= 0.6 is 12.4 Å². The fourth-order valence-corrected chi connectivity index (χ4v) is 3.08. The molecule has 2 N–H and O–H groups in total. The van der Waals surface area contributed by atoms with Crippen LogP contribution in [0.3, 0.4) is 0 Å². The van der Waals surface area contributed by atoms with E-state index in [4.69, 9.17) is 15.2 Å². The van der Waals surface area contributed by atoms with Crippen LogP contribution in [0, 0.1) is 5.92 Å². The molecule has 0 spiro atoms. The lowest BCUT2D eigenvalue weighted by atomic mass is 9.94. The third kappa shape index (κ3) is 3.65. The topological polar surface area (TPSA) is 64.8 Å². The lowest BCUT2D eigenvalue weighted by molar-refractivity contribution is 0.0668. The molecule has 0 bridgehead atoms. The van der Waals surface area contributed by atoms with Crippen LogP contribution in [-0.4, -0.2) is 43.7 Å². The van der Waals surface area contributed by atoms with Crippen molar-refractivity contribution in [3.8, 4) is 11.5 Å². The van der Waals surface area contributed by atoms with E-state index in [-0.39, 0.29) is 18.3 Å². The summed E-state index contributed by atoms with van der Waals surface area (Å²) < 4.78 is 11.0. The number of carbonyl (C=O) groups is 1. The van der Waals surface area contributed by atoms with Crippen LogP contribution in [0.2, 0.25) is 0 Å². The molecule has 1 fully saturated rings. The number of ether oxygens (including phenoxy) is 2. The first-order chi connectivity index (χ1) is 10.3. The number of nitrogens with two attached hydrogens (primary N) is 1. The summed E-state index contributed by atoms with van der Waals surface area (Å²) in [6.45, 7) is 3.43. The molecule has 0 aliphatic carbocycles. The van der Waals surface area contributed by atoms with Crippen molar-refractivity contribution >= 4 is 18.3 Å². The second-order valence-electron chi connectivity index (χ2n) is 5.70. The molecule has 6 heteroatoms. The monoisotopic (exact) mass is 326 g/mol. The van der Waals surface area contributed by atoms with Gasteiger partial charge >= 0.3 is 0 Å². The van der Waals surface area contributed by atoms with Gasteiger partial charge in [0.05, 0.1) is 0 Å². The lowest BCUT2D eigenvalue weighted by Gasteiger charge is -2.33. The summed E-state index contributed by atoms with van der Waals surface area (Å²) in [5.41, 5.74) is 6.31. The third-order valence-corrected chi connectivity index (χ3v) is 4.17. The number of piperidine rings is 1. The van der Waals surface area contributed by atoms with Crippen LogP contribution in [0.5, 0.6) is 11.5 Å². The number of benzene rings is 1. The summed E-state index contributed by atoms with van der Waals surface area (Å²) in [6.07, 6.45) is 3.22. The van der Waals surface area contributed by atoms with Crippen molar-refractivity contribution in [3.05, 3.63) is 23.8 Å². The molecule has 5 nitrogen and oxygen atoms in total. The van der Waals surface area contributed by atoms with Gasteiger partial charge in [0.15, 0.2) is 11.5 Å². The van der Waals surface area contributed by atoms with Crippen molar-refractivity contribution in [3.63, 3.8) is 0 Å². The standard InChI is InChI=1S/C16H22N2O3.ClH/c17-6-5-12-2-1-7-18(11-12)16(19)13-3-4-14-15(10-13)21-9-8-20-14;/h3-4,10,12H,1-2,5-9,11,17H2;1H. The van der Waals surface area contributed by atoms with Crippen LogP contribution in [0.1, 0.15) is 29.6 Å². The number of carbonyl (C=O) groups excluding carboxylic acids is 1. The van der Waals surface area contributed by atoms with Gasteiger partial charge in [0.1, 0.15) is 13.2 Å². The van der Waals surface area contributed by atoms with Crippen molar-refractivity contribution in [1.82, 2.24) is 4.90 Å². The molecule has 122 valence electrons. The molecule has 0 aromatic heterocycles. The molecule has 1 saturated heterocycles. The van der Waals surface area contributed by atoms with Gasteiger partial charge in [-0.25, -0.2) is 0 Å². The van der Waals surface area contributed by atoms with Crippen LogP contribution in [0.4, 0.5) is 0 Å². The number of amides is 1. The molecule has 0 saturated carbocycles. The zero-order chi connectivity index (χ0) is 14.7. The molecule has 2 aliphatic rings. The molecule has 2 heterocycles. The first kappa shape index (κ1) is 16.9. The zero-order valence-corrected chi connectivity index (χ0v) is 13.4. The Hall–Kier alpha value is -1.46. The SMILES string of the molecule is Cl.NCCC1CCCN(C(=O)c2ccc3c(c2)OCCO3)C1. The highest BCUT2D eigenvalue weighted by Crippen LogP contribution is 2.31. The number of hydrogen-bond acceptors (Lipinski definition) is 4. The minimum absolute atomic E-state index is 0. The molecule has 2 aliphatic heterocycles. The fraction of sp³-hybridized carbons (Fsp3) is 0.562. The number of likely N-dealkylation sites (tertiary alicyclic amines) is 1. The predicted molar refractivity (Wildman–Crippen MR) is 87.0 cm³/mol. The molecular weight excluding hydrogens is 304 g/mol. The average Bonchev–Trinajstić information content (AvgIpc) is 2.54. The van der Waals surface area contributed by atoms with E-state index in [9.17, 15) is 4.79 Å². The third-order valence-electron chi connectivity index (χ3n) is 4.17. The lowest BCUT2D eigenvalue weighted by Crippen LogP contribution is -2.40. The summed E-state index contributed by atoms with van der Waals surface area (Å²) in [5.74, 6) is 2.00. The molecule has 1 atom stereocenters. The van der Waals surface area contributed by atoms with Gasteiger partial charge in [-0.3, -0.25) is 4.79 Å². The Balaban J connectivity index is 0.00000176. The Labute approximate surface area is 137 Å². The smallest absolute Gasteiger partial charge is 0.254 e. The van der Waals surface area contributed by atoms with Crippen LogP contribution in [-0.2, 0) is 0 Å². The summed E-state index contributed by atoms with van der Waals surface area (Å²) >= 11 is 0. The average molecular weight is 327 g/mol. The minimum Gasteiger partial charge on any atom is -0.486 e. The Morgan fingerprint density at radius 1 is 1.27 bits per heavy atom. The fourth-order valence-electron chi connectivity index (χ4n) is 3.08. The van der Waals surface area contributed by atoms with Crippen molar-refractivity contribution in [1.29, 1.82) is 0 Å².